The van der Waals surface area contributed by atoms with Gasteiger partial charge in [0.05, 0.1) is 6.26 Å². The van der Waals surface area contributed by atoms with E-state index in [1.807, 2.05) is 24.3 Å². The lowest BCUT2D eigenvalue weighted by molar-refractivity contribution is 0.613. The largest absolute Gasteiger partial charge is 0.464 e. The average molecular weight is 551 g/mol. The van der Waals surface area contributed by atoms with Gasteiger partial charge >= 0.3 is 0 Å². The van der Waals surface area contributed by atoms with E-state index in [-0.39, 0.29) is 0 Å². The van der Waals surface area contributed by atoms with Gasteiger partial charge in [-0.3, -0.25) is 0 Å². The Morgan fingerprint density at radius 2 is 0.814 bits per heavy atom. The van der Waals surface area contributed by atoms with Crippen molar-refractivity contribution in [2.75, 3.05) is 0 Å². The van der Waals surface area contributed by atoms with Crippen molar-refractivity contribution in [3.05, 3.63) is 134 Å². The van der Waals surface area contributed by atoms with E-state index in [4.69, 9.17) is 13.3 Å². The van der Waals surface area contributed by atoms with E-state index < -0.39 is 0 Å². The van der Waals surface area contributed by atoms with Crippen LogP contribution < -0.4 is 0 Å². The number of benzene rings is 7. The van der Waals surface area contributed by atoms with E-state index in [1.165, 1.54) is 32.7 Å². The summed E-state index contributed by atoms with van der Waals surface area (Å²) in [5.41, 5.74) is 9.03. The predicted octanol–water partition coefficient (Wildman–Crippen LogP) is 11.9. The van der Waals surface area contributed by atoms with Crippen LogP contribution in [0.1, 0.15) is 0 Å². The van der Waals surface area contributed by atoms with Crippen molar-refractivity contribution < 1.29 is 13.3 Å². The molecule has 0 saturated heterocycles. The molecule has 3 nitrogen and oxygen atoms in total. The molecule has 0 aliphatic rings. The first-order valence-corrected chi connectivity index (χ1v) is 14.5. The molecule has 3 heteroatoms. The highest BCUT2D eigenvalue weighted by Crippen LogP contribution is 2.45. The van der Waals surface area contributed by atoms with Crippen LogP contribution in [0.15, 0.2) is 147 Å². The summed E-state index contributed by atoms with van der Waals surface area (Å²) >= 11 is 0. The Balaban J connectivity index is 1.25. The second-order valence-electron chi connectivity index (χ2n) is 11.3. The molecule has 0 aliphatic heterocycles. The summed E-state index contributed by atoms with van der Waals surface area (Å²) in [5.74, 6) is 0. The van der Waals surface area contributed by atoms with Crippen molar-refractivity contribution in [1.82, 2.24) is 0 Å². The average Bonchev–Trinajstić information content (AvgIpc) is 3.76. The summed E-state index contributed by atoms with van der Waals surface area (Å²) in [6.45, 7) is 0. The van der Waals surface area contributed by atoms with E-state index in [1.54, 1.807) is 6.26 Å². The Morgan fingerprint density at radius 3 is 1.44 bits per heavy atom. The lowest BCUT2D eigenvalue weighted by Gasteiger charge is -2.17. The Hall–Kier alpha value is -5.80. The molecule has 0 saturated carbocycles. The van der Waals surface area contributed by atoms with Crippen molar-refractivity contribution in [3.63, 3.8) is 0 Å². The lowest BCUT2D eigenvalue weighted by atomic mass is 9.85. The highest BCUT2D eigenvalue weighted by Gasteiger charge is 2.19. The fraction of sp³-hybridized carbons (Fsp3) is 0. The SMILES string of the molecule is c1ccc2c(c1)oc1cc(-c3c4ccccc4c(-c4ccc5c(c4)oc4cc6occc6cc45)c4ccccc34)ccc12. The van der Waals surface area contributed by atoms with Crippen molar-refractivity contribution in [2.24, 2.45) is 0 Å². The fourth-order valence-corrected chi connectivity index (χ4v) is 7.02. The zero-order valence-electron chi connectivity index (χ0n) is 22.9. The zero-order chi connectivity index (χ0) is 28.1. The summed E-state index contributed by atoms with van der Waals surface area (Å²) in [7, 11) is 0. The van der Waals surface area contributed by atoms with Crippen LogP contribution in [0.3, 0.4) is 0 Å². The predicted molar refractivity (Wildman–Crippen MR) is 177 cm³/mol. The van der Waals surface area contributed by atoms with Gasteiger partial charge in [-0.1, -0.05) is 78.9 Å². The van der Waals surface area contributed by atoms with Gasteiger partial charge < -0.3 is 13.3 Å². The van der Waals surface area contributed by atoms with E-state index in [0.717, 1.165) is 66.0 Å². The van der Waals surface area contributed by atoms with E-state index in [0.29, 0.717) is 0 Å². The maximum absolute atomic E-state index is 6.40. The third-order valence-corrected chi connectivity index (χ3v) is 8.93. The summed E-state index contributed by atoms with van der Waals surface area (Å²) < 4.78 is 18.3. The van der Waals surface area contributed by atoms with Gasteiger partial charge in [0.25, 0.3) is 0 Å². The smallest absolute Gasteiger partial charge is 0.139 e. The summed E-state index contributed by atoms with van der Waals surface area (Å²) in [4.78, 5) is 0. The maximum Gasteiger partial charge on any atom is 0.139 e. The highest BCUT2D eigenvalue weighted by atomic mass is 16.3. The first kappa shape index (κ1) is 22.8. The van der Waals surface area contributed by atoms with Crippen LogP contribution in [0.25, 0.3) is 98.6 Å². The molecule has 0 N–H and O–H groups in total. The highest BCUT2D eigenvalue weighted by molar-refractivity contribution is 6.22. The Morgan fingerprint density at radius 1 is 0.326 bits per heavy atom. The van der Waals surface area contributed by atoms with Crippen molar-refractivity contribution in [3.8, 4) is 22.3 Å². The molecular weight excluding hydrogens is 528 g/mol. The van der Waals surface area contributed by atoms with E-state index in [9.17, 15) is 0 Å². The summed E-state index contributed by atoms with van der Waals surface area (Å²) in [6, 6.07) is 45.0. The molecule has 0 radical (unpaired) electrons. The first-order chi connectivity index (χ1) is 21.3. The number of furan rings is 3. The molecule has 0 amide bonds. The molecule has 0 spiro atoms. The molecular formula is C40H22O3. The van der Waals surface area contributed by atoms with Gasteiger partial charge in [0.2, 0.25) is 0 Å². The van der Waals surface area contributed by atoms with Gasteiger partial charge in [0.1, 0.15) is 27.9 Å². The number of para-hydroxylation sites is 1. The molecule has 0 atom stereocenters. The van der Waals surface area contributed by atoms with Gasteiger partial charge in [0, 0.05) is 33.0 Å². The molecule has 10 aromatic rings. The topological polar surface area (TPSA) is 39.4 Å². The summed E-state index contributed by atoms with van der Waals surface area (Å²) in [6.07, 6.45) is 1.72. The second kappa shape index (κ2) is 8.37. The standard InChI is InChI=1S/C40H22O3/c1-3-10-31-29(8-1)39(24-13-15-27-26-7-5-6-12-34(26)42-36(27)20-24)30-9-2-4-11-32(30)40(31)25-14-16-28-33-19-23-17-18-41-35(23)22-38(33)43-37(28)21-25/h1-22H. The molecule has 0 unspecified atom stereocenters. The normalized spacial score (nSPS) is 12.2. The maximum atomic E-state index is 6.40. The fourth-order valence-electron chi connectivity index (χ4n) is 7.02. The number of rotatable bonds is 2. The number of hydrogen-bond donors (Lipinski definition) is 0. The molecule has 3 aromatic heterocycles. The van der Waals surface area contributed by atoms with Gasteiger partial charge in [-0.25, -0.2) is 0 Å². The van der Waals surface area contributed by atoms with Crippen LogP contribution in [-0.2, 0) is 0 Å². The molecule has 3 heterocycles. The monoisotopic (exact) mass is 550 g/mol. The zero-order valence-corrected chi connectivity index (χ0v) is 22.9. The van der Waals surface area contributed by atoms with Crippen molar-refractivity contribution in [2.45, 2.75) is 0 Å². The number of fused-ring (bicyclic) bond motifs is 9. The molecule has 0 aliphatic carbocycles. The quantitative estimate of drug-likeness (QED) is 0.201. The molecule has 43 heavy (non-hydrogen) atoms. The minimum absolute atomic E-state index is 0.834. The minimum Gasteiger partial charge on any atom is -0.464 e. The molecule has 200 valence electrons. The molecule has 0 bridgehead atoms. The van der Waals surface area contributed by atoms with Crippen LogP contribution in [0.4, 0.5) is 0 Å². The number of hydrogen-bond acceptors (Lipinski definition) is 3. The van der Waals surface area contributed by atoms with Crippen LogP contribution in [0.2, 0.25) is 0 Å². The molecule has 10 rings (SSSR count). The second-order valence-corrected chi connectivity index (χ2v) is 11.3. The minimum atomic E-state index is 0.834. The molecule has 7 aromatic carbocycles. The Bertz CT molecular complexity index is 2680. The summed E-state index contributed by atoms with van der Waals surface area (Å²) in [5, 5.41) is 10.4. The lowest BCUT2D eigenvalue weighted by Crippen LogP contribution is -1.90. The third-order valence-electron chi connectivity index (χ3n) is 8.93. The van der Waals surface area contributed by atoms with Gasteiger partial charge in [-0.05, 0) is 86.3 Å². The van der Waals surface area contributed by atoms with Crippen molar-refractivity contribution in [1.29, 1.82) is 0 Å². The molecule has 0 fully saturated rings. The van der Waals surface area contributed by atoms with Crippen LogP contribution >= 0.6 is 0 Å². The first-order valence-electron chi connectivity index (χ1n) is 14.5. The third kappa shape index (κ3) is 3.19. The Kier molecular flexibility index (Phi) is 4.45. The van der Waals surface area contributed by atoms with Crippen LogP contribution in [0.5, 0.6) is 0 Å². The van der Waals surface area contributed by atoms with E-state index in [2.05, 4.69) is 103 Å². The van der Waals surface area contributed by atoms with E-state index >= 15 is 0 Å². The van der Waals surface area contributed by atoms with Crippen LogP contribution in [-0.4, -0.2) is 0 Å². The Labute approximate surface area is 245 Å². The van der Waals surface area contributed by atoms with Crippen molar-refractivity contribution >= 4 is 76.4 Å². The van der Waals surface area contributed by atoms with Gasteiger partial charge in [0.15, 0.2) is 0 Å². The van der Waals surface area contributed by atoms with Crippen LogP contribution in [0, 0.1) is 0 Å². The van der Waals surface area contributed by atoms with Gasteiger partial charge in [-0.2, -0.15) is 0 Å². The van der Waals surface area contributed by atoms with Gasteiger partial charge in [-0.15, -0.1) is 0 Å².